The number of furan rings is 1. The summed E-state index contributed by atoms with van der Waals surface area (Å²) in [6.07, 6.45) is 4.52. The first kappa shape index (κ1) is 15.0. The van der Waals surface area contributed by atoms with Crippen LogP contribution in [0.15, 0.2) is 59.2 Å². The van der Waals surface area contributed by atoms with E-state index >= 15 is 0 Å². The molecule has 1 heterocycles. The van der Waals surface area contributed by atoms with Crippen molar-refractivity contribution < 1.29 is 9.21 Å². The highest BCUT2D eigenvalue weighted by molar-refractivity contribution is 5.95. The molecule has 1 fully saturated rings. The molecule has 2 unspecified atom stereocenters. The first-order valence-corrected chi connectivity index (χ1v) is 8.33. The van der Waals surface area contributed by atoms with Crippen LogP contribution >= 0.6 is 0 Å². The Bertz CT molecular complexity index is 867. The van der Waals surface area contributed by atoms with E-state index in [2.05, 4.69) is 11.4 Å². The van der Waals surface area contributed by atoms with E-state index in [1.54, 1.807) is 6.26 Å². The molecule has 4 heteroatoms. The number of hydrogen-bond acceptors (Lipinski definition) is 3. The molecule has 24 heavy (non-hydrogen) atoms. The molecule has 1 amide bonds. The van der Waals surface area contributed by atoms with Crippen LogP contribution in [0.3, 0.4) is 0 Å². The number of carbonyl (C=O) groups excluding carboxylic acids is 1. The molecule has 2 aromatic carbocycles. The third-order valence-corrected chi connectivity index (χ3v) is 4.74. The van der Waals surface area contributed by atoms with Gasteiger partial charge in [0.25, 0.3) is 5.91 Å². The second kappa shape index (κ2) is 6.13. The van der Waals surface area contributed by atoms with Crippen molar-refractivity contribution >= 4 is 16.9 Å². The molecule has 3 aromatic rings. The average molecular weight is 320 g/mol. The molecule has 0 radical (unpaired) electrons. The van der Waals surface area contributed by atoms with Gasteiger partial charge in [0.05, 0.1) is 6.26 Å². The minimum Gasteiger partial charge on any atom is -0.464 e. The van der Waals surface area contributed by atoms with Gasteiger partial charge in [-0.1, -0.05) is 18.2 Å². The number of nitrogens with one attached hydrogen (secondary N) is 1. The fourth-order valence-electron chi connectivity index (χ4n) is 3.38. The molecule has 2 atom stereocenters. The smallest absolute Gasteiger partial charge is 0.251 e. The summed E-state index contributed by atoms with van der Waals surface area (Å²) in [6, 6.07) is 16.2. The number of fused-ring (bicyclic) bond motifs is 1. The van der Waals surface area contributed by atoms with E-state index in [4.69, 9.17) is 10.2 Å². The fourth-order valence-corrected chi connectivity index (χ4v) is 3.38. The molecule has 0 spiro atoms. The van der Waals surface area contributed by atoms with Gasteiger partial charge in [0, 0.05) is 23.0 Å². The van der Waals surface area contributed by atoms with Crippen molar-refractivity contribution in [3.63, 3.8) is 0 Å². The Balaban J connectivity index is 1.50. The van der Waals surface area contributed by atoms with Crippen molar-refractivity contribution in [3.8, 4) is 11.1 Å². The van der Waals surface area contributed by atoms with E-state index in [1.165, 1.54) is 0 Å². The maximum atomic E-state index is 12.3. The number of amides is 1. The zero-order valence-electron chi connectivity index (χ0n) is 13.4. The van der Waals surface area contributed by atoms with Crippen LogP contribution in [0.25, 0.3) is 22.1 Å². The summed E-state index contributed by atoms with van der Waals surface area (Å²) in [7, 11) is 0. The Morgan fingerprint density at radius 2 is 1.83 bits per heavy atom. The molecular weight excluding hydrogens is 300 g/mol. The highest BCUT2D eigenvalue weighted by atomic mass is 16.3. The lowest BCUT2D eigenvalue weighted by molar-refractivity contribution is 0.0937. The zero-order valence-corrected chi connectivity index (χ0v) is 13.4. The van der Waals surface area contributed by atoms with Crippen LogP contribution in [-0.4, -0.2) is 18.0 Å². The van der Waals surface area contributed by atoms with E-state index < -0.39 is 0 Å². The lowest BCUT2D eigenvalue weighted by Crippen LogP contribution is -2.33. The summed E-state index contributed by atoms with van der Waals surface area (Å²) >= 11 is 0. The Morgan fingerprint density at radius 1 is 1.04 bits per heavy atom. The van der Waals surface area contributed by atoms with Gasteiger partial charge in [-0.25, -0.2) is 0 Å². The summed E-state index contributed by atoms with van der Waals surface area (Å²) in [5.41, 5.74) is 9.65. The lowest BCUT2D eigenvalue weighted by atomic mass is 10.0. The molecule has 4 nitrogen and oxygen atoms in total. The summed E-state index contributed by atoms with van der Waals surface area (Å²) in [4.78, 5) is 12.3. The molecular formula is C20H20N2O2. The van der Waals surface area contributed by atoms with Gasteiger partial charge in [0.15, 0.2) is 0 Å². The summed E-state index contributed by atoms with van der Waals surface area (Å²) in [5, 5.41) is 4.15. The normalized spacial score (nSPS) is 20.4. The van der Waals surface area contributed by atoms with Crippen LogP contribution in [-0.2, 0) is 0 Å². The molecule has 1 saturated carbocycles. The largest absolute Gasteiger partial charge is 0.464 e. The van der Waals surface area contributed by atoms with Crippen LogP contribution in [0.5, 0.6) is 0 Å². The number of benzene rings is 2. The quantitative estimate of drug-likeness (QED) is 0.773. The van der Waals surface area contributed by atoms with E-state index in [1.807, 2.05) is 42.5 Å². The number of carbonyl (C=O) groups is 1. The van der Waals surface area contributed by atoms with Gasteiger partial charge in [0.1, 0.15) is 5.58 Å². The molecule has 1 aliphatic rings. The van der Waals surface area contributed by atoms with Gasteiger partial charge < -0.3 is 15.5 Å². The minimum absolute atomic E-state index is 0.0223. The van der Waals surface area contributed by atoms with Gasteiger partial charge >= 0.3 is 0 Å². The maximum absolute atomic E-state index is 12.3. The molecule has 0 bridgehead atoms. The Hall–Kier alpha value is -2.59. The van der Waals surface area contributed by atoms with Crippen molar-refractivity contribution in [2.24, 2.45) is 5.73 Å². The Labute approximate surface area is 140 Å². The first-order valence-electron chi connectivity index (χ1n) is 8.33. The maximum Gasteiger partial charge on any atom is 0.251 e. The third-order valence-electron chi connectivity index (χ3n) is 4.74. The van der Waals surface area contributed by atoms with Gasteiger partial charge in [-0.3, -0.25) is 4.79 Å². The topological polar surface area (TPSA) is 68.3 Å². The van der Waals surface area contributed by atoms with Crippen molar-refractivity contribution in [3.05, 3.63) is 60.4 Å². The Kier molecular flexibility index (Phi) is 3.82. The van der Waals surface area contributed by atoms with Crippen molar-refractivity contribution in [1.29, 1.82) is 0 Å². The van der Waals surface area contributed by atoms with E-state index in [0.29, 0.717) is 5.56 Å². The molecule has 3 N–H and O–H groups in total. The molecule has 0 aliphatic heterocycles. The standard InChI is InChI=1S/C20H20N2O2/c21-17-6-7-18(12-17)22-20(23)14-3-1-13(2-4-14)15-5-8-19-16(11-15)9-10-24-19/h1-5,8-11,17-18H,6-7,12,21H2,(H,22,23). The summed E-state index contributed by atoms with van der Waals surface area (Å²) < 4.78 is 5.37. The molecule has 1 aliphatic carbocycles. The van der Waals surface area contributed by atoms with Crippen LogP contribution in [0.2, 0.25) is 0 Å². The monoisotopic (exact) mass is 320 g/mol. The SMILES string of the molecule is NC1CCC(NC(=O)c2ccc(-c3ccc4occc4c3)cc2)C1. The predicted octanol–water partition coefficient (Wildman–Crippen LogP) is 3.71. The molecule has 1 aromatic heterocycles. The minimum atomic E-state index is -0.0223. The second-order valence-electron chi connectivity index (χ2n) is 6.49. The highest BCUT2D eigenvalue weighted by Crippen LogP contribution is 2.25. The van der Waals surface area contributed by atoms with E-state index in [9.17, 15) is 4.79 Å². The predicted molar refractivity (Wildman–Crippen MR) is 94.7 cm³/mol. The van der Waals surface area contributed by atoms with Crippen molar-refractivity contribution in [2.75, 3.05) is 0 Å². The van der Waals surface area contributed by atoms with Crippen LogP contribution in [0, 0.1) is 0 Å². The van der Waals surface area contributed by atoms with Gasteiger partial charge in [0.2, 0.25) is 0 Å². The average Bonchev–Trinajstić information content (AvgIpc) is 3.23. The second-order valence-corrected chi connectivity index (χ2v) is 6.49. The summed E-state index contributed by atoms with van der Waals surface area (Å²) in [5.74, 6) is -0.0223. The molecule has 4 rings (SSSR count). The number of hydrogen-bond donors (Lipinski definition) is 2. The van der Waals surface area contributed by atoms with Crippen LogP contribution in [0.4, 0.5) is 0 Å². The number of nitrogens with two attached hydrogens (primary N) is 1. The lowest BCUT2D eigenvalue weighted by Gasteiger charge is -2.12. The van der Waals surface area contributed by atoms with Gasteiger partial charge in [-0.05, 0) is 60.7 Å². The van der Waals surface area contributed by atoms with Crippen molar-refractivity contribution in [2.45, 2.75) is 31.3 Å². The van der Waals surface area contributed by atoms with Crippen LogP contribution in [0.1, 0.15) is 29.6 Å². The summed E-state index contributed by atoms with van der Waals surface area (Å²) in [6.45, 7) is 0. The van der Waals surface area contributed by atoms with E-state index in [0.717, 1.165) is 41.4 Å². The Morgan fingerprint density at radius 3 is 2.58 bits per heavy atom. The van der Waals surface area contributed by atoms with Crippen molar-refractivity contribution in [1.82, 2.24) is 5.32 Å². The molecule has 122 valence electrons. The third kappa shape index (κ3) is 2.93. The molecule has 0 saturated heterocycles. The van der Waals surface area contributed by atoms with Crippen LogP contribution < -0.4 is 11.1 Å². The zero-order chi connectivity index (χ0) is 16.5. The highest BCUT2D eigenvalue weighted by Gasteiger charge is 2.23. The van der Waals surface area contributed by atoms with Gasteiger partial charge in [-0.15, -0.1) is 0 Å². The first-order chi connectivity index (χ1) is 11.7. The fraction of sp³-hybridized carbons (Fsp3) is 0.250. The van der Waals surface area contributed by atoms with E-state index in [-0.39, 0.29) is 18.0 Å². The number of rotatable bonds is 3. The van der Waals surface area contributed by atoms with Gasteiger partial charge in [-0.2, -0.15) is 0 Å².